The Labute approximate surface area is 114 Å². The zero-order chi connectivity index (χ0) is 13.5. The van der Waals surface area contributed by atoms with Gasteiger partial charge in [0.2, 0.25) is 0 Å². The number of hydrogen-bond acceptors (Lipinski definition) is 2. The van der Waals surface area contributed by atoms with Crippen LogP contribution >= 0.6 is 0 Å². The number of ketones is 1. The first-order valence-electron chi connectivity index (χ1n) is 7.16. The van der Waals surface area contributed by atoms with Gasteiger partial charge >= 0.3 is 0 Å². The topological polar surface area (TPSA) is 26.3 Å². The molecule has 19 heavy (non-hydrogen) atoms. The minimum Gasteiger partial charge on any atom is -0.378 e. The first kappa shape index (κ1) is 14.2. The van der Waals surface area contributed by atoms with E-state index >= 15 is 0 Å². The van der Waals surface area contributed by atoms with E-state index in [1.54, 1.807) is 12.1 Å². The Kier molecular flexibility index (Phi) is 5.52. The summed E-state index contributed by atoms with van der Waals surface area (Å²) >= 11 is 0. The fourth-order valence-electron chi connectivity index (χ4n) is 2.49. The zero-order valence-corrected chi connectivity index (χ0v) is 11.2. The lowest BCUT2D eigenvalue weighted by Crippen LogP contribution is -2.17. The number of halogens is 1. The van der Waals surface area contributed by atoms with E-state index in [0.29, 0.717) is 24.7 Å². The molecule has 1 fully saturated rings. The van der Waals surface area contributed by atoms with Crippen LogP contribution in [0.25, 0.3) is 0 Å². The summed E-state index contributed by atoms with van der Waals surface area (Å²) in [6, 6.07) is 5.73. The van der Waals surface area contributed by atoms with Gasteiger partial charge in [-0.3, -0.25) is 4.79 Å². The predicted octanol–water partition coefficient (Wildman–Crippen LogP) is 4.14. The molecule has 1 aliphatic carbocycles. The van der Waals surface area contributed by atoms with Gasteiger partial charge in [0.05, 0.1) is 6.10 Å². The van der Waals surface area contributed by atoms with Crippen LogP contribution in [-0.2, 0) is 4.74 Å². The fraction of sp³-hybridized carbons (Fsp3) is 0.562. The number of carbonyl (C=O) groups excluding carboxylic acids is 1. The summed E-state index contributed by atoms with van der Waals surface area (Å²) in [5.74, 6) is -0.246. The standard InChI is InChI=1S/C16H21FO2/c17-14-10-8-13(9-11-14)16(18)7-4-12-19-15-5-2-1-3-6-15/h8-11,15H,1-7,12H2. The van der Waals surface area contributed by atoms with E-state index in [4.69, 9.17) is 4.74 Å². The van der Waals surface area contributed by atoms with E-state index < -0.39 is 0 Å². The minimum absolute atomic E-state index is 0.0623. The Balaban J connectivity index is 1.64. The molecule has 0 aliphatic heterocycles. The second-order valence-electron chi connectivity index (χ2n) is 5.16. The molecule has 0 bridgehead atoms. The first-order valence-corrected chi connectivity index (χ1v) is 7.16. The molecular formula is C16H21FO2. The van der Waals surface area contributed by atoms with Crippen LogP contribution in [0.15, 0.2) is 24.3 Å². The molecule has 0 heterocycles. The quantitative estimate of drug-likeness (QED) is 0.570. The smallest absolute Gasteiger partial charge is 0.162 e. The SMILES string of the molecule is O=C(CCCOC1CCCCC1)c1ccc(F)cc1. The molecule has 1 saturated carbocycles. The van der Waals surface area contributed by atoms with Crippen LogP contribution in [0.1, 0.15) is 55.3 Å². The predicted molar refractivity (Wildman–Crippen MR) is 72.8 cm³/mol. The average Bonchev–Trinajstić information content (AvgIpc) is 2.45. The van der Waals surface area contributed by atoms with Crippen molar-refractivity contribution in [1.82, 2.24) is 0 Å². The van der Waals surface area contributed by atoms with Crippen LogP contribution in [0.5, 0.6) is 0 Å². The lowest BCUT2D eigenvalue weighted by atomic mass is 9.98. The molecule has 0 radical (unpaired) electrons. The van der Waals surface area contributed by atoms with Crippen LogP contribution < -0.4 is 0 Å². The Bertz CT molecular complexity index is 394. The van der Waals surface area contributed by atoms with Crippen LogP contribution in [0.3, 0.4) is 0 Å². The molecule has 1 aromatic carbocycles. The van der Waals surface area contributed by atoms with E-state index in [-0.39, 0.29) is 11.6 Å². The van der Waals surface area contributed by atoms with Crippen molar-refractivity contribution in [3.05, 3.63) is 35.6 Å². The van der Waals surface area contributed by atoms with Crippen LogP contribution in [0, 0.1) is 5.82 Å². The van der Waals surface area contributed by atoms with Gasteiger partial charge in [-0.2, -0.15) is 0 Å². The normalized spacial score (nSPS) is 16.5. The van der Waals surface area contributed by atoms with Crippen molar-refractivity contribution in [3.8, 4) is 0 Å². The van der Waals surface area contributed by atoms with Gasteiger partial charge in [0.15, 0.2) is 5.78 Å². The number of ether oxygens (including phenoxy) is 1. The first-order chi connectivity index (χ1) is 9.25. The molecule has 104 valence electrons. The molecule has 0 atom stereocenters. The van der Waals surface area contributed by atoms with E-state index in [0.717, 1.165) is 19.3 Å². The lowest BCUT2D eigenvalue weighted by Gasteiger charge is -2.21. The van der Waals surface area contributed by atoms with Crippen molar-refractivity contribution in [3.63, 3.8) is 0 Å². The third-order valence-corrected chi connectivity index (χ3v) is 3.62. The van der Waals surface area contributed by atoms with Gasteiger partial charge in [0.1, 0.15) is 5.82 Å². The summed E-state index contributed by atoms with van der Waals surface area (Å²) in [4.78, 5) is 11.8. The summed E-state index contributed by atoms with van der Waals surface area (Å²) in [5, 5.41) is 0. The van der Waals surface area contributed by atoms with Gasteiger partial charge in [-0.1, -0.05) is 19.3 Å². The second kappa shape index (κ2) is 7.39. The van der Waals surface area contributed by atoms with Crippen LogP contribution in [0.4, 0.5) is 4.39 Å². The summed E-state index contributed by atoms with van der Waals surface area (Å²) in [5.41, 5.74) is 0.582. The molecule has 1 aliphatic rings. The molecule has 2 nitrogen and oxygen atoms in total. The third-order valence-electron chi connectivity index (χ3n) is 3.62. The average molecular weight is 264 g/mol. The maximum atomic E-state index is 12.7. The molecule has 0 amide bonds. The van der Waals surface area contributed by atoms with Crippen molar-refractivity contribution in [2.24, 2.45) is 0 Å². The fourth-order valence-corrected chi connectivity index (χ4v) is 2.49. The number of rotatable bonds is 6. The number of carbonyl (C=O) groups is 1. The largest absolute Gasteiger partial charge is 0.378 e. The molecule has 0 spiro atoms. The summed E-state index contributed by atoms with van der Waals surface area (Å²) in [7, 11) is 0. The highest BCUT2D eigenvalue weighted by molar-refractivity contribution is 5.95. The molecule has 0 unspecified atom stereocenters. The third kappa shape index (κ3) is 4.75. The summed E-state index contributed by atoms with van der Waals surface area (Å²) < 4.78 is 18.5. The molecule has 0 aromatic heterocycles. The maximum absolute atomic E-state index is 12.7. The van der Waals surface area contributed by atoms with Crippen molar-refractivity contribution >= 4 is 5.78 Å². The molecule has 1 aromatic rings. The van der Waals surface area contributed by atoms with Crippen molar-refractivity contribution < 1.29 is 13.9 Å². The van der Waals surface area contributed by atoms with Crippen molar-refractivity contribution in [2.75, 3.05) is 6.61 Å². The highest BCUT2D eigenvalue weighted by Gasteiger charge is 2.13. The summed E-state index contributed by atoms with van der Waals surface area (Å²) in [6.45, 7) is 0.650. The summed E-state index contributed by atoms with van der Waals surface area (Å²) in [6.07, 6.45) is 7.78. The lowest BCUT2D eigenvalue weighted by molar-refractivity contribution is 0.0264. The number of hydrogen-bond donors (Lipinski definition) is 0. The Morgan fingerprint density at radius 1 is 1.16 bits per heavy atom. The van der Waals surface area contributed by atoms with Crippen molar-refractivity contribution in [1.29, 1.82) is 0 Å². The molecule has 0 N–H and O–H groups in total. The molecule has 0 saturated heterocycles. The van der Waals surface area contributed by atoms with E-state index in [1.165, 1.54) is 31.4 Å². The van der Waals surface area contributed by atoms with E-state index in [2.05, 4.69) is 0 Å². The van der Waals surface area contributed by atoms with Gasteiger partial charge in [-0.25, -0.2) is 4.39 Å². The van der Waals surface area contributed by atoms with Crippen LogP contribution in [0.2, 0.25) is 0 Å². The highest BCUT2D eigenvalue weighted by atomic mass is 19.1. The van der Waals surface area contributed by atoms with Gasteiger partial charge in [-0.15, -0.1) is 0 Å². The minimum atomic E-state index is -0.308. The van der Waals surface area contributed by atoms with Crippen molar-refractivity contribution in [2.45, 2.75) is 51.0 Å². The van der Waals surface area contributed by atoms with Crippen LogP contribution in [-0.4, -0.2) is 18.5 Å². The zero-order valence-electron chi connectivity index (χ0n) is 11.2. The number of benzene rings is 1. The molecule has 3 heteroatoms. The Hall–Kier alpha value is -1.22. The Morgan fingerprint density at radius 3 is 2.53 bits per heavy atom. The molecular weight excluding hydrogens is 243 g/mol. The van der Waals surface area contributed by atoms with Gasteiger partial charge in [0.25, 0.3) is 0 Å². The maximum Gasteiger partial charge on any atom is 0.162 e. The van der Waals surface area contributed by atoms with Gasteiger partial charge < -0.3 is 4.74 Å². The van der Waals surface area contributed by atoms with E-state index in [1.807, 2.05) is 0 Å². The van der Waals surface area contributed by atoms with E-state index in [9.17, 15) is 9.18 Å². The van der Waals surface area contributed by atoms with Gasteiger partial charge in [-0.05, 0) is 43.5 Å². The molecule has 2 rings (SSSR count). The highest BCUT2D eigenvalue weighted by Crippen LogP contribution is 2.20. The number of Topliss-reactive ketones (excluding diaryl/α,β-unsaturated/α-hetero) is 1. The van der Waals surface area contributed by atoms with Gasteiger partial charge in [0, 0.05) is 18.6 Å². The monoisotopic (exact) mass is 264 g/mol. The Morgan fingerprint density at radius 2 is 1.84 bits per heavy atom. The second-order valence-corrected chi connectivity index (χ2v) is 5.16.